The average molecular weight is 293 g/mol. The molecule has 5 heteroatoms. The monoisotopic (exact) mass is 292 g/mol. The molecular weight excluding hydrogens is 285 g/mol. The van der Waals surface area contributed by atoms with Crippen molar-refractivity contribution >= 4 is 34.5 Å². The molecule has 0 saturated carbocycles. The minimum atomic E-state index is -0.634. The van der Waals surface area contributed by atoms with Gasteiger partial charge in [-0.15, -0.1) is 22.9 Å². The van der Waals surface area contributed by atoms with Gasteiger partial charge < -0.3 is 0 Å². The molecule has 0 amide bonds. The summed E-state index contributed by atoms with van der Waals surface area (Å²) in [6.45, 7) is 1.86. The first kappa shape index (κ1) is 12.8. The molecule has 0 aliphatic carbocycles. The second-order valence-electron chi connectivity index (χ2n) is 3.67. The third-order valence-corrected chi connectivity index (χ3v) is 4.54. The van der Waals surface area contributed by atoms with Crippen LogP contribution in [0, 0.1) is 18.6 Å². The molecule has 0 aliphatic rings. The third kappa shape index (κ3) is 2.79. The van der Waals surface area contributed by atoms with Gasteiger partial charge in [0.2, 0.25) is 0 Å². The van der Waals surface area contributed by atoms with Gasteiger partial charge in [-0.2, -0.15) is 0 Å². The van der Waals surface area contributed by atoms with E-state index in [9.17, 15) is 8.78 Å². The van der Waals surface area contributed by atoms with Crippen molar-refractivity contribution < 1.29 is 8.78 Å². The lowest BCUT2D eigenvalue weighted by Gasteiger charge is -2.07. The molecule has 0 saturated heterocycles. The van der Waals surface area contributed by atoms with Crippen LogP contribution in [0.5, 0.6) is 0 Å². The topological polar surface area (TPSA) is 0 Å². The molecule has 2 aromatic rings. The fraction of sp³-hybridized carbons (Fsp3) is 0.167. The van der Waals surface area contributed by atoms with Crippen LogP contribution in [0.3, 0.4) is 0 Å². The molecule has 90 valence electrons. The molecule has 1 aromatic carbocycles. The van der Waals surface area contributed by atoms with E-state index >= 15 is 0 Å². The van der Waals surface area contributed by atoms with Crippen molar-refractivity contribution in [2.75, 3.05) is 0 Å². The van der Waals surface area contributed by atoms with E-state index in [1.54, 1.807) is 0 Å². The van der Waals surface area contributed by atoms with E-state index in [0.717, 1.165) is 16.5 Å². The van der Waals surface area contributed by atoms with Crippen molar-refractivity contribution in [3.05, 3.63) is 56.2 Å². The number of hydrogen-bond donors (Lipinski definition) is 0. The summed E-state index contributed by atoms with van der Waals surface area (Å²) < 4.78 is 26.8. The Morgan fingerprint density at radius 1 is 1.12 bits per heavy atom. The van der Waals surface area contributed by atoms with Crippen LogP contribution in [-0.4, -0.2) is 0 Å². The Morgan fingerprint density at radius 3 is 2.18 bits per heavy atom. The molecule has 1 aromatic heterocycles. The second-order valence-corrected chi connectivity index (χ2v) is 5.79. The largest absolute Gasteiger partial charge is 0.207 e. The lowest BCUT2D eigenvalue weighted by atomic mass is 10.1. The minimum absolute atomic E-state index is 0.391. The van der Waals surface area contributed by atoms with Gasteiger partial charge in [-0.1, -0.05) is 11.6 Å². The number of benzene rings is 1. The Hall–Kier alpha value is -0.640. The SMILES string of the molecule is Cc1cc(C(Cl)c2cc(F)cc(F)c2)sc1Cl. The van der Waals surface area contributed by atoms with Crippen LogP contribution in [-0.2, 0) is 0 Å². The van der Waals surface area contributed by atoms with Crippen molar-refractivity contribution in [1.82, 2.24) is 0 Å². The van der Waals surface area contributed by atoms with Gasteiger partial charge in [-0.25, -0.2) is 8.78 Å². The number of hydrogen-bond acceptors (Lipinski definition) is 1. The van der Waals surface area contributed by atoms with Gasteiger partial charge in [0.1, 0.15) is 11.6 Å². The van der Waals surface area contributed by atoms with Gasteiger partial charge in [0.15, 0.2) is 0 Å². The summed E-state index contributed by atoms with van der Waals surface area (Å²) in [5.41, 5.74) is 1.30. The summed E-state index contributed by atoms with van der Waals surface area (Å²) in [7, 11) is 0. The summed E-state index contributed by atoms with van der Waals surface area (Å²) in [5, 5.41) is -0.587. The fourth-order valence-electron chi connectivity index (χ4n) is 1.49. The van der Waals surface area contributed by atoms with Crippen molar-refractivity contribution in [2.24, 2.45) is 0 Å². The molecule has 0 N–H and O–H groups in total. The quantitative estimate of drug-likeness (QED) is 0.658. The molecule has 1 atom stereocenters. The van der Waals surface area contributed by atoms with Gasteiger partial charge in [-0.05, 0) is 36.2 Å². The molecule has 0 bridgehead atoms. The normalized spacial score (nSPS) is 12.8. The molecular formula is C12H8Cl2F2S. The van der Waals surface area contributed by atoms with E-state index in [4.69, 9.17) is 23.2 Å². The summed E-state index contributed by atoms with van der Waals surface area (Å²) in [5.74, 6) is -1.27. The van der Waals surface area contributed by atoms with Crippen molar-refractivity contribution in [2.45, 2.75) is 12.3 Å². The first-order valence-electron chi connectivity index (χ1n) is 4.83. The molecule has 0 nitrogen and oxygen atoms in total. The maximum atomic E-state index is 13.1. The van der Waals surface area contributed by atoms with Crippen LogP contribution < -0.4 is 0 Å². The minimum Gasteiger partial charge on any atom is -0.207 e. The summed E-state index contributed by atoms with van der Waals surface area (Å²) >= 11 is 13.4. The van der Waals surface area contributed by atoms with Crippen molar-refractivity contribution in [3.8, 4) is 0 Å². The van der Waals surface area contributed by atoms with Crippen LogP contribution in [0.2, 0.25) is 4.34 Å². The Bertz CT molecular complexity index is 512. The van der Waals surface area contributed by atoms with Gasteiger partial charge in [0.25, 0.3) is 0 Å². The highest BCUT2D eigenvalue weighted by Crippen LogP contribution is 2.38. The zero-order valence-electron chi connectivity index (χ0n) is 8.81. The first-order valence-corrected chi connectivity index (χ1v) is 6.46. The Balaban J connectivity index is 2.39. The van der Waals surface area contributed by atoms with Crippen LogP contribution in [0.25, 0.3) is 0 Å². The van der Waals surface area contributed by atoms with Crippen molar-refractivity contribution in [1.29, 1.82) is 0 Å². The first-order chi connectivity index (χ1) is 7.97. The predicted molar refractivity (Wildman–Crippen MR) is 68.1 cm³/mol. The molecule has 0 radical (unpaired) electrons. The standard InChI is InChI=1S/C12H8Cl2F2S/c1-6-2-10(17-12(6)14)11(13)7-3-8(15)5-9(16)4-7/h2-5,11H,1H3. The van der Waals surface area contributed by atoms with Crippen LogP contribution in [0.1, 0.15) is 21.4 Å². The Morgan fingerprint density at radius 2 is 1.71 bits per heavy atom. The van der Waals surface area contributed by atoms with E-state index in [1.807, 2.05) is 13.0 Å². The molecule has 0 fully saturated rings. The maximum absolute atomic E-state index is 13.1. The predicted octanol–water partition coefficient (Wildman–Crippen LogP) is 5.32. The Kier molecular flexibility index (Phi) is 3.71. The zero-order chi connectivity index (χ0) is 12.6. The van der Waals surface area contributed by atoms with E-state index in [0.29, 0.717) is 9.90 Å². The number of alkyl halides is 1. The second kappa shape index (κ2) is 4.92. The summed E-state index contributed by atoms with van der Waals surface area (Å²) in [6, 6.07) is 5.10. The summed E-state index contributed by atoms with van der Waals surface area (Å²) in [4.78, 5) is 0.777. The van der Waals surface area contributed by atoms with Gasteiger partial charge in [-0.3, -0.25) is 0 Å². The molecule has 0 aliphatic heterocycles. The highest BCUT2D eigenvalue weighted by atomic mass is 35.5. The number of aryl methyl sites for hydroxylation is 1. The van der Waals surface area contributed by atoms with Gasteiger partial charge in [0, 0.05) is 10.9 Å². The summed E-state index contributed by atoms with van der Waals surface area (Å²) in [6.07, 6.45) is 0. The molecule has 2 rings (SSSR count). The molecule has 1 heterocycles. The molecule has 1 unspecified atom stereocenters. The van der Waals surface area contributed by atoms with E-state index in [-0.39, 0.29) is 0 Å². The van der Waals surface area contributed by atoms with Gasteiger partial charge in [0.05, 0.1) is 9.71 Å². The smallest absolute Gasteiger partial charge is 0.126 e. The lowest BCUT2D eigenvalue weighted by Crippen LogP contribution is -1.93. The third-order valence-electron chi connectivity index (χ3n) is 2.30. The molecule has 0 spiro atoms. The van der Waals surface area contributed by atoms with E-state index < -0.39 is 17.0 Å². The fourth-order valence-corrected chi connectivity index (χ4v) is 3.04. The molecule has 17 heavy (non-hydrogen) atoms. The Labute approximate surface area is 112 Å². The number of halogens is 4. The average Bonchev–Trinajstić information content (AvgIpc) is 2.57. The zero-order valence-corrected chi connectivity index (χ0v) is 11.1. The number of rotatable bonds is 2. The maximum Gasteiger partial charge on any atom is 0.126 e. The van der Waals surface area contributed by atoms with Crippen molar-refractivity contribution in [3.63, 3.8) is 0 Å². The van der Waals surface area contributed by atoms with Crippen LogP contribution in [0.4, 0.5) is 8.78 Å². The number of thiophene rings is 1. The van der Waals surface area contributed by atoms with E-state index in [1.165, 1.54) is 23.5 Å². The highest BCUT2D eigenvalue weighted by Gasteiger charge is 2.16. The van der Waals surface area contributed by atoms with E-state index in [2.05, 4.69) is 0 Å². The lowest BCUT2D eigenvalue weighted by molar-refractivity contribution is 0.580. The highest BCUT2D eigenvalue weighted by molar-refractivity contribution is 7.16. The van der Waals surface area contributed by atoms with Gasteiger partial charge >= 0.3 is 0 Å². The van der Waals surface area contributed by atoms with Crippen LogP contribution >= 0.6 is 34.5 Å². The van der Waals surface area contributed by atoms with Crippen LogP contribution in [0.15, 0.2) is 24.3 Å².